The number of sulfonamides is 1. The van der Waals surface area contributed by atoms with Crippen LogP contribution in [0.25, 0.3) is 10.8 Å². The highest BCUT2D eigenvalue weighted by Crippen LogP contribution is 2.26. The molecule has 3 nitrogen and oxygen atoms in total. The van der Waals surface area contributed by atoms with E-state index in [-0.39, 0.29) is 6.04 Å². The number of hydrogen-bond donors (Lipinski definition) is 0. The van der Waals surface area contributed by atoms with Gasteiger partial charge in [-0.3, -0.25) is 0 Å². The molecule has 0 fully saturated rings. The van der Waals surface area contributed by atoms with Crippen molar-refractivity contribution in [1.82, 2.24) is 4.31 Å². The summed E-state index contributed by atoms with van der Waals surface area (Å²) in [6, 6.07) is 12.8. The van der Waals surface area contributed by atoms with Gasteiger partial charge in [0.15, 0.2) is 0 Å². The summed E-state index contributed by atoms with van der Waals surface area (Å²) >= 11 is 5.72. The second-order valence-electron chi connectivity index (χ2n) is 5.23. The highest BCUT2D eigenvalue weighted by molar-refractivity contribution is 7.89. The monoisotopic (exact) mass is 325 g/mol. The van der Waals surface area contributed by atoms with Gasteiger partial charge in [0.2, 0.25) is 10.0 Å². The maximum Gasteiger partial charge on any atom is 0.243 e. The molecule has 21 heavy (non-hydrogen) atoms. The van der Waals surface area contributed by atoms with Gasteiger partial charge < -0.3 is 0 Å². The quantitative estimate of drug-likeness (QED) is 0.756. The lowest BCUT2D eigenvalue weighted by atomic mass is 10.1. The molecular formula is C16H20ClNO2S. The van der Waals surface area contributed by atoms with E-state index in [1.54, 1.807) is 12.1 Å². The smallest absolute Gasteiger partial charge is 0.207 e. The molecule has 0 aliphatic heterocycles. The van der Waals surface area contributed by atoms with E-state index in [4.69, 9.17) is 11.6 Å². The van der Waals surface area contributed by atoms with Gasteiger partial charge in [-0.2, -0.15) is 4.31 Å². The summed E-state index contributed by atoms with van der Waals surface area (Å²) < 4.78 is 27.5. The van der Waals surface area contributed by atoms with Crippen molar-refractivity contribution >= 4 is 32.4 Å². The molecule has 0 saturated heterocycles. The second-order valence-corrected chi connectivity index (χ2v) is 7.47. The molecule has 5 heteroatoms. The van der Waals surface area contributed by atoms with Gasteiger partial charge in [0, 0.05) is 23.9 Å². The molecule has 2 aromatic rings. The third kappa shape index (κ3) is 3.39. The molecular weight excluding hydrogens is 306 g/mol. The predicted molar refractivity (Wildman–Crippen MR) is 88.3 cm³/mol. The summed E-state index contributed by atoms with van der Waals surface area (Å²) in [6.07, 6.45) is 0.643. The van der Waals surface area contributed by atoms with E-state index in [1.165, 1.54) is 4.31 Å². The fraction of sp³-hybridized carbons (Fsp3) is 0.375. The number of fused-ring (bicyclic) bond motifs is 1. The van der Waals surface area contributed by atoms with Gasteiger partial charge in [0.25, 0.3) is 0 Å². The van der Waals surface area contributed by atoms with Crippen LogP contribution < -0.4 is 0 Å². The first-order valence-electron chi connectivity index (χ1n) is 7.04. The van der Waals surface area contributed by atoms with Gasteiger partial charge in [0.1, 0.15) is 0 Å². The topological polar surface area (TPSA) is 37.4 Å². The van der Waals surface area contributed by atoms with Gasteiger partial charge in [-0.05, 0) is 31.7 Å². The molecule has 0 heterocycles. The van der Waals surface area contributed by atoms with Crippen molar-refractivity contribution in [3.05, 3.63) is 42.5 Å². The van der Waals surface area contributed by atoms with Crippen molar-refractivity contribution in [1.29, 1.82) is 0 Å². The first kappa shape index (κ1) is 16.3. The van der Waals surface area contributed by atoms with Crippen molar-refractivity contribution in [2.24, 2.45) is 0 Å². The minimum atomic E-state index is -3.52. The maximum atomic E-state index is 13.0. The molecule has 0 N–H and O–H groups in total. The van der Waals surface area contributed by atoms with Crippen molar-refractivity contribution in [2.45, 2.75) is 31.2 Å². The molecule has 0 unspecified atom stereocenters. The Labute approximate surface area is 131 Å². The zero-order chi connectivity index (χ0) is 15.5. The van der Waals surface area contributed by atoms with Crippen LogP contribution in [0.3, 0.4) is 0 Å². The Kier molecular flexibility index (Phi) is 5.25. The molecule has 114 valence electrons. The van der Waals surface area contributed by atoms with E-state index in [0.29, 0.717) is 23.7 Å². The van der Waals surface area contributed by atoms with Gasteiger partial charge in [-0.25, -0.2) is 8.42 Å². The van der Waals surface area contributed by atoms with Crippen LogP contribution in [0.5, 0.6) is 0 Å². The van der Waals surface area contributed by atoms with Gasteiger partial charge >= 0.3 is 0 Å². The highest BCUT2D eigenvalue weighted by Gasteiger charge is 2.27. The van der Waals surface area contributed by atoms with Crippen LogP contribution in [0.4, 0.5) is 0 Å². The molecule has 0 aliphatic rings. The molecule has 0 aliphatic carbocycles. The average Bonchev–Trinajstić information content (AvgIpc) is 2.46. The number of alkyl halides is 1. The zero-order valence-electron chi connectivity index (χ0n) is 12.3. The van der Waals surface area contributed by atoms with E-state index < -0.39 is 10.0 Å². The summed E-state index contributed by atoms with van der Waals surface area (Å²) in [6.45, 7) is 4.21. The molecule has 0 saturated carbocycles. The summed E-state index contributed by atoms with van der Waals surface area (Å²) in [7, 11) is -3.52. The van der Waals surface area contributed by atoms with Crippen molar-refractivity contribution in [3.8, 4) is 0 Å². The van der Waals surface area contributed by atoms with Crippen molar-refractivity contribution in [3.63, 3.8) is 0 Å². The molecule has 0 spiro atoms. The Balaban J connectivity index is 2.54. The van der Waals surface area contributed by atoms with Crippen molar-refractivity contribution in [2.75, 3.05) is 12.4 Å². The Bertz CT molecular complexity index is 708. The summed E-state index contributed by atoms with van der Waals surface area (Å²) in [5.41, 5.74) is 0. The summed E-state index contributed by atoms with van der Waals surface area (Å²) in [5.74, 6) is 0.453. The minimum Gasteiger partial charge on any atom is -0.207 e. The largest absolute Gasteiger partial charge is 0.243 e. The molecule has 2 rings (SSSR count). The molecule has 2 aromatic carbocycles. The Hall–Kier alpha value is -1.10. The van der Waals surface area contributed by atoms with Gasteiger partial charge in [-0.1, -0.05) is 36.4 Å². The second kappa shape index (κ2) is 6.77. The van der Waals surface area contributed by atoms with Crippen LogP contribution in [0.1, 0.15) is 20.3 Å². The fourth-order valence-corrected chi connectivity index (χ4v) is 4.43. The molecule has 0 aromatic heterocycles. The average molecular weight is 326 g/mol. The SMILES string of the molecule is CC(C)N(CCCCl)S(=O)(=O)c1cccc2ccccc12. The van der Waals surface area contributed by atoms with Crippen molar-refractivity contribution < 1.29 is 8.42 Å². The Morgan fingerprint density at radius 3 is 2.43 bits per heavy atom. The van der Waals surface area contributed by atoms with E-state index >= 15 is 0 Å². The maximum absolute atomic E-state index is 13.0. The third-order valence-electron chi connectivity index (χ3n) is 3.42. The number of rotatable bonds is 6. The molecule has 0 bridgehead atoms. The van der Waals surface area contributed by atoms with E-state index in [1.807, 2.05) is 44.2 Å². The predicted octanol–water partition coefficient (Wildman–Crippen LogP) is 3.87. The lowest BCUT2D eigenvalue weighted by Crippen LogP contribution is -2.37. The first-order valence-corrected chi connectivity index (χ1v) is 9.01. The highest BCUT2D eigenvalue weighted by atomic mass is 35.5. The standard InChI is InChI=1S/C16H20ClNO2S/c1-13(2)18(12-6-11-17)21(19,20)16-10-5-8-14-7-3-4-9-15(14)16/h3-5,7-10,13H,6,11-12H2,1-2H3. The summed E-state index contributed by atoms with van der Waals surface area (Å²) in [5, 5.41) is 1.69. The molecule has 0 amide bonds. The van der Waals surface area contributed by atoms with E-state index in [2.05, 4.69) is 0 Å². The Morgan fingerprint density at radius 1 is 1.10 bits per heavy atom. The van der Waals surface area contributed by atoms with Gasteiger partial charge in [-0.15, -0.1) is 11.6 Å². The number of nitrogens with zero attached hydrogens (tertiary/aromatic N) is 1. The lowest BCUT2D eigenvalue weighted by Gasteiger charge is -2.26. The van der Waals surface area contributed by atoms with Crippen LogP contribution in [0, 0.1) is 0 Å². The fourth-order valence-electron chi connectivity index (χ4n) is 2.42. The van der Waals surface area contributed by atoms with Crippen LogP contribution in [-0.2, 0) is 10.0 Å². The molecule has 0 radical (unpaired) electrons. The Morgan fingerprint density at radius 2 is 1.76 bits per heavy atom. The van der Waals surface area contributed by atoms with Crippen LogP contribution >= 0.6 is 11.6 Å². The van der Waals surface area contributed by atoms with Crippen LogP contribution in [0.15, 0.2) is 47.4 Å². The molecule has 0 atom stereocenters. The number of benzene rings is 2. The van der Waals surface area contributed by atoms with Crippen LogP contribution in [0.2, 0.25) is 0 Å². The third-order valence-corrected chi connectivity index (χ3v) is 5.83. The van der Waals surface area contributed by atoms with E-state index in [9.17, 15) is 8.42 Å². The van der Waals surface area contributed by atoms with Crippen LogP contribution in [-0.4, -0.2) is 31.2 Å². The number of hydrogen-bond acceptors (Lipinski definition) is 2. The number of halogens is 1. The minimum absolute atomic E-state index is 0.0998. The summed E-state index contributed by atoms with van der Waals surface area (Å²) in [4.78, 5) is 0.365. The zero-order valence-corrected chi connectivity index (χ0v) is 13.9. The van der Waals surface area contributed by atoms with Gasteiger partial charge in [0.05, 0.1) is 4.90 Å². The normalized spacial score (nSPS) is 12.4. The first-order chi connectivity index (χ1) is 9.98. The lowest BCUT2D eigenvalue weighted by molar-refractivity contribution is 0.355. The van der Waals surface area contributed by atoms with E-state index in [0.717, 1.165) is 10.8 Å².